The minimum absolute atomic E-state index is 0.0642. The summed E-state index contributed by atoms with van der Waals surface area (Å²) in [4.78, 5) is 0. The second kappa shape index (κ2) is 6.27. The van der Waals surface area contributed by atoms with Crippen molar-refractivity contribution in [2.24, 2.45) is 0 Å². The molecule has 0 saturated carbocycles. The molecule has 0 aliphatic rings. The summed E-state index contributed by atoms with van der Waals surface area (Å²) in [5, 5.41) is 13.0. The van der Waals surface area contributed by atoms with Crippen molar-refractivity contribution in [3.63, 3.8) is 0 Å². The lowest BCUT2D eigenvalue weighted by Crippen LogP contribution is -2.21. The minimum atomic E-state index is -0.753. The van der Waals surface area contributed by atoms with Gasteiger partial charge in [0.2, 0.25) is 5.89 Å². The first-order valence-electron chi connectivity index (χ1n) is 5.93. The van der Waals surface area contributed by atoms with Gasteiger partial charge in [0.1, 0.15) is 5.69 Å². The fourth-order valence-electron chi connectivity index (χ4n) is 1.44. The van der Waals surface area contributed by atoms with Crippen LogP contribution in [0.1, 0.15) is 19.7 Å². The van der Waals surface area contributed by atoms with Gasteiger partial charge in [0.15, 0.2) is 11.6 Å². The van der Waals surface area contributed by atoms with Gasteiger partial charge in [0.05, 0.1) is 6.54 Å². The van der Waals surface area contributed by atoms with Gasteiger partial charge in [0, 0.05) is 10.5 Å². The number of anilines is 2. The second-order valence-corrected chi connectivity index (χ2v) is 5.32. The highest BCUT2D eigenvalue weighted by atomic mass is 79.9. The Kier molecular flexibility index (Phi) is 4.66. The summed E-state index contributed by atoms with van der Waals surface area (Å²) in [5.74, 6) is -1.17. The zero-order valence-electron chi connectivity index (χ0n) is 10.9. The van der Waals surface area contributed by atoms with Crippen molar-refractivity contribution in [1.29, 1.82) is 0 Å². The zero-order valence-corrected chi connectivity index (χ0v) is 12.5. The monoisotopic (exact) mass is 346 g/mol. The van der Waals surface area contributed by atoms with E-state index in [9.17, 15) is 8.78 Å². The predicted octanol–water partition coefficient (Wildman–Crippen LogP) is 3.35. The summed E-state index contributed by atoms with van der Waals surface area (Å²) < 4.78 is 32.8. The molecule has 8 heteroatoms. The highest BCUT2D eigenvalue weighted by Crippen LogP contribution is 2.26. The molecule has 0 amide bonds. The molecule has 0 bridgehead atoms. The Morgan fingerprint density at radius 2 is 1.90 bits per heavy atom. The molecule has 5 nitrogen and oxygen atoms in total. The lowest BCUT2D eigenvalue weighted by Gasteiger charge is -2.05. The van der Waals surface area contributed by atoms with Gasteiger partial charge in [-0.25, -0.2) is 8.78 Å². The molecule has 0 aliphatic carbocycles. The Balaban J connectivity index is 2.11. The molecular weight excluding hydrogens is 334 g/mol. The maximum atomic E-state index is 13.6. The number of aromatic nitrogens is 2. The normalized spacial score (nSPS) is 11.1. The van der Waals surface area contributed by atoms with Crippen molar-refractivity contribution >= 4 is 27.6 Å². The summed E-state index contributed by atoms with van der Waals surface area (Å²) in [5.41, 5.74) is -0.333. The molecule has 0 spiro atoms. The third-order valence-corrected chi connectivity index (χ3v) is 2.83. The zero-order chi connectivity index (χ0) is 14.7. The van der Waals surface area contributed by atoms with Crippen LogP contribution in [0.25, 0.3) is 0 Å². The number of nitrogens with zero attached hydrogens (tertiary/aromatic N) is 2. The molecule has 2 aromatic rings. The summed E-state index contributed by atoms with van der Waals surface area (Å²) in [7, 11) is 0. The molecule has 20 heavy (non-hydrogen) atoms. The lowest BCUT2D eigenvalue weighted by atomic mass is 10.3. The summed E-state index contributed by atoms with van der Waals surface area (Å²) >= 11 is 3.00. The van der Waals surface area contributed by atoms with Crippen LogP contribution in [-0.2, 0) is 6.54 Å². The average molecular weight is 347 g/mol. The Labute approximate surface area is 122 Å². The molecule has 0 unspecified atom stereocenters. The smallest absolute Gasteiger partial charge is 0.320 e. The van der Waals surface area contributed by atoms with Crippen LogP contribution in [0.3, 0.4) is 0 Å². The Hall–Kier alpha value is -1.54. The van der Waals surface area contributed by atoms with Crippen LogP contribution in [0.2, 0.25) is 0 Å². The average Bonchev–Trinajstić information content (AvgIpc) is 2.79. The van der Waals surface area contributed by atoms with Crippen LogP contribution < -0.4 is 10.6 Å². The first kappa shape index (κ1) is 14.9. The summed E-state index contributed by atoms with van der Waals surface area (Å²) in [6, 6.07) is 2.48. The molecule has 0 atom stereocenters. The fourth-order valence-corrected chi connectivity index (χ4v) is 1.84. The van der Waals surface area contributed by atoms with E-state index in [1.165, 1.54) is 0 Å². The SMILES string of the molecule is CC(C)NCc1nnc(Nc2c(F)cc(Br)cc2F)o1. The topological polar surface area (TPSA) is 63.0 Å². The Morgan fingerprint density at radius 3 is 2.50 bits per heavy atom. The highest BCUT2D eigenvalue weighted by Gasteiger charge is 2.14. The van der Waals surface area contributed by atoms with Gasteiger partial charge in [-0.2, -0.15) is 0 Å². The molecule has 108 valence electrons. The van der Waals surface area contributed by atoms with Crippen LogP contribution in [0.4, 0.5) is 20.5 Å². The highest BCUT2D eigenvalue weighted by molar-refractivity contribution is 9.10. The molecule has 0 saturated heterocycles. The number of nitrogens with one attached hydrogen (secondary N) is 2. The van der Waals surface area contributed by atoms with Crippen molar-refractivity contribution in [3.05, 3.63) is 34.1 Å². The van der Waals surface area contributed by atoms with Crippen LogP contribution in [0, 0.1) is 11.6 Å². The van der Waals surface area contributed by atoms with Gasteiger partial charge in [-0.3, -0.25) is 0 Å². The van der Waals surface area contributed by atoms with Crippen molar-refractivity contribution in [1.82, 2.24) is 15.5 Å². The standard InChI is InChI=1S/C12H13BrF2N4O/c1-6(2)16-5-10-18-19-12(20-10)17-11-8(14)3-7(13)4-9(11)15/h3-4,6,16H,5H2,1-2H3,(H,17,19). The third-order valence-electron chi connectivity index (χ3n) is 2.37. The molecule has 1 aromatic carbocycles. The molecule has 0 fully saturated rings. The molecular formula is C12H13BrF2N4O. The van der Waals surface area contributed by atoms with E-state index in [1.54, 1.807) is 0 Å². The first-order valence-corrected chi connectivity index (χ1v) is 6.72. The van der Waals surface area contributed by atoms with Gasteiger partial charge < -0.3 is 15.1 Å². The molecule has 2 rings (SSSR count). The van der Waals surface area contributed by atoms with Gasteiger partial charge in [-0.1, -0.05) is 34.9 Å². The van der Waals surface area contributed by atoms with Gasteiger partial charge >= 0.3 is 6.01 Å². The van der Waals surface area contributed by atoms with Crippen LogP contribution in [-0.4, -0.2) is 16.2 Å². The van der Waals surface area contributed by atoms with Crippen molar-refractivity contribution in [3.8, 4) is 0 Å². The molecule has 0 radical (unpaired) electrons. The first-order chi connectivity index (χ1) is 9.45. The van der Waals surface area contributed by atoms with Crippen molar-refractivity contribution in [2.45, 2.75) is 26.4 Å². The van der Waals surface area contributed by atoms with E-state index in [1.807, 2.05) is 13.8 Å². The van der Waals surface area contributed by atoms with E-state index in [2.05, 4.69) is 36.8 Å². The lowest BCUT2D eigenvalue weighted by molar-refractivity contribution is 0.459. The van der Waals surface area contributed by atoms with Crippen LogP contribution >= 0.6 is 15.9 Å². The van der Waals surface area contributed by atoms with Gasteiger partial charge in [-0.05, 0) is 12.1 Å². The van der Waals surface area contributed by atoms with Crippen molar-refractivity contribution in [2.75, 3.05) is 5.32 Å². The van der Waals surface area contributed by atoms with Crippen molar-refractivity contribution < 1.29 is 13.2 Å². The fraction of sp³-hybridized carbons (Fsp3) is 0.333. The second-order valence-electron chi connectivity index (χ2n) is 4.41. The maximum absolute atomic E-state index is 13.6. The van der Waals surface area contributed by atoms with E-state index < -0.39 is 11.6 Å². The summed E-state index contributed by atoms with van der Waals surface area (Å²) in [6.45, 7) is 4.34. The largest absolute Gasteiger partial charge is 0.406 e. The molecule has 2 N–H and O–H groups in total. The Morgan fingerprint density at radius 1 is 1.25 bits per heavy atom. The van der Waals surface area contributed by atoms with E-state index in [-0.39, 0.29) is 17.7 Å². The molecule has 0 aliphatic heterocycles. The summed E-state index contributed by atoms with van der Waals surface area (Å²) in [6.07, 6.45) is 0. The predicted molar refractivity (Wildman–Crippen MR) is 73.6 cm³/mol. The van der Waals surface area contributed by atoms with E-state index in [4.69, 9.17) is 4.42 Å². The number of hydrogen-bond donors (Lipinski definition) is 2. The molecule has 1 heterocycles. The molecule has 1 aromatic heterocycles. The maximum Gasteiger partial charge on any atom is 0.320 e. The van der Waals surface area contributed by atoms with Crippen LogP contribution in [0.5, 0.6) is 0 Å². The van der Waals surface area contributed by atoms with Crippen LogP contribution in [0.15, 0.2) is 21.0 Å². The number of rotatable bonds is 5. The number of halogens is 3. The third kappa shape index (κ3) is 3.73. The minimum Gasteiger partial charge on any atom is -0.406 e. The van der Waals surface area contributed by atoms with E-state index in [0.29, 0.717) is 16.9 Å². The van der Waals surface area contributed by atoms with Gasteiger partial charge in [0.25, 0.3) is 0 Å². The Bertz CT molecular complexity index is 580. The number of hydrogen-bond acceptors (Lipinski definition) is 5. The quantitative estimate of drug-likeness (QED) is 0.869. The van der Waals surface area contributed by atoms with E-state index >= 15 is 0 Å². The number of benzene rings is 1. The van der Waals surface area contributed by atoms with E-state index in [0.717, 1.165) is 12.1 Å². The van der Waals surface area contributed by atoms with Gasteiger partial charge in [-0.15, -0.1) is 5.10 Å².